The van der Waals surface area contributed by atoms with Crippen molar-refractivity contribution < 1.29 is 0 Å². The predicted octanol–water partition coefficient (Wildman–Crippen LogP) is 3.16. The minimum atomic E-state index is 0.338. The first-order valence-corrected chi connectivity index (χ1v) is 6.52. The van der Waals surface area contributed by atoms with Crippen LogP contribution in [0.1, 0.15) is 32.9 Å². The summed E-state index contributed by atoms with van der Waals surface area (Å²) in [6.07, 6.45) is 3.03. The van der Waals surface area contributed by atoms with Crippen molar-refractivity contribution in [3.05, 3.63) is 36.2 Å². The lowest BCUT2D eigenvalue weighted by Gasteiger charge is -2.22. The average Bonchev–Trinajstić information content (AvgIpc) is 2.38. The van der Waals surface area contributed by atoms with Gasteiger partial charge in [-0.25, -0.2) is 4.98 Å². The highest BCUT2D eigenvalue weighted by molar-refractivity contribution is 5.73. The van der Waals surface area contributed by atoms with Gasteiger partial charge in [0.15, 0.2) is 0 Å². The van der Waals surface area contributed by atoms with Crippen LogP contribution in [0.2, 0.25) is 0 Å². The monoisotopic (exact) mass is 243 g/mol. The normalized spacial score (nSPS) is 11.9. The average molecular weight is 243 g/mol. The second kappa shape index (κ2) is 5.44. The summed E-state index contributed by atoms with van der Waals surface area (Å²) in [6.45, 7) is 8.54. The molecule has 0 atom stereocenters. The highest BCUT2D eigenvalue weighted by atomic mass is 14.9. The van der Waals surface area contributed by atoms with E-state index < -0.39 is 0 Å². The topological polar surface area (TPSA) is 37.8 Å². The second-order valence-corrected chi connectivity index (χ2v) is 5.47. The van der Waals surface area contributed by atoms with E-state index in [-0.39, 0.29) is 0 Å². The third-order valence-electron chi connectivity index (χ3n) is 3.37. The van der Waals surface area contributed by atoms with Crippen LogP contribution in [0.5, 0.6) is 0 Å². The van der Waals surface area contributed by atoms with E-state index in [1.165, 1.54) is 6.42 Å². The molecule has 0 spiro atoms. The Bertz CT molecular complexity index is 520. The van der Waals surface area contributed by atoms with Crippen LogP contribution in [-0.4, -0.2) is 16.5 Å². The molecule has 0 saturated carbocycles. The van der Waals surface area contributed by atoms with Crippen molar-refractivity contribution >= 4 is 11.0 Å². The van der Waals surface area contributed by atoms with E-state index in [4.69, 9.17) is 0 Å². The van der Waals surface area contributed by atoms with Gasteiger partial charge < -0.3 is 5.32 Å². The van der Waals surface area contributed by atoms with E-state index >= 15 is 0 Å². The van der Waals surface area contributed by atoms with E-state index in [2.05, 4.69) is 36.1 Å². The fraction of sp³-hybridized carbons (Fsp3) is 0.467. The number of nitrogens with zero attached hydrogens (tertiary/aromatic N) is 2. The van der Waals surface area contributed by atoms with Gasteiger partial charge in [0, 0.05) is 13.1 Å². The molecule has 96 valence electrons. The first-order valence-electron chi connectivity index (χ1n) is 6.52. The number of benzene rings is 1. The van der Waals surface area contributed by atoms with Gasteiger partial charge in [-0.3, -0.25) is 4.98 Å². The Kier molecular flexibility index (Phi) is 3.92. The Morgan fingerprint density at radius 2 is 1.89 bits per heavy atom. The van der Waals surface area contributed by atoms with Crippen molar-refractivity contribution in [3.8, 4) is 0 Å². The molecular formula is C15H21N3. The van der Waals surface area contributed by atoms with Gasteiger partial charge in [0.1, 0.15) is 0 Å². The smallest absolute Gasteiger partial charge is 0.0890 e. The molecule has 0 amide bonds. The number of hydrogen-bond acceptors (Lipinski definition) is 3. The lowest BCUT2D eigenvalue weighted by atomic mass is 9.90. The largest absolute Gasteiger partial charge is 0.311 e. The first kappa shape index (κ1) is 13.0. The molecule has 0 aliphatic carbocycles. The molecule has 0 aliphatic heterocycles. The highest BCUT2D eigenvalue weighted by Gasteiger charge is 2.13. The number of fused-ring (bicyclic) bond motifs is 1. The van der Waals surface area contributed by atoms with Crippen molar-refractivity contribution in [2.24, 2.45) is 5.41 Å². The fourth-order valence-corrected chi connectivity index (χ4v) is 1.73. The quantitative estimate of drug-likeness (QED) is 0.876. The lowest BCUT2D eigenvalue weighted by molar-refractivity contribution is 0.327. The molecular weight excluding hydrogens is 222 g/mol. The molecule has 1 aromatic carbocycles. The van der Waals surface area contributed by atoms with Crippen LogP contribution in [0.15, 0.2) is 30.5 Å². The zero-order valence-corrected chi connectivity index (χ0v) is 11.4. The highest BCUT2D eigenvalue weighted by Crippen LogP contribution is 2.17. The number of nitrogens with one attached hydrogen (secondary N) is 1. The Morgan fingerprint density at radius 1 is 1.17 bits per heavy atom. The standard InChI is InChI=1S/C15H21N3/c1-4-15(2,3)11-16-9-12-10-17-13-7-5-6-8-14(13)18-12/h5-8,10,16H,4,9,11H2,1-3H3. The number of rotatable bonds is 5. The molecule has 1 heterocycles. The van der Waals surface area contributed by atoms with Crippen LogP contribution in [-0.2, 0) is 6.54 Å². The molecule has 0 unspecified atom stereocenters. The minimum Gasteiger partial charge on any atom is -0.311 e. The summed E-state index contributed by atoms with van der Waals surface area (Å²) in [7, 11) is 0. The summed E-state index contributed by atoms with van der Waals surface area (Å²) in [5, 5.41) is 3.46. The molecule has 0 radical (unpaired) electrons. The molecule has 2 rings (SSSR count). The van der Waals surface area contributed by atoms with E-state index in [1.54, 1.807) is 0 Å². The maximum Gasteiger partial charge on any atom is 0.0890 e. The van der Waals surface area contributed by atoms with Gasteiger partial charge in [-0.15, -0.1) is 0 Å². The summed E-state index contributed by atoms with van der Waals surface area (Å²) < 4.78 is 0. The van der Waals surface area contributed by atoms with Gasteiger partial charge in [0.25, 0.3) is 0 Å². The van der Waals surface area contributed by atoms with Crippen molar-refractivity contribution in [2.45, 2.75) is 33.7 Å². The van der Waals surface area contributed by atoms with Crippen LogP contribution in [0, 0.1) is 5.41 Å². The van der Waals surface area contributed by atoms with Crippen LogP contribution < -0.4 is 5.32 Å². The van der Waals surface area contributed by atoms with Crippen LogP contribution in [0.25, 0.3) is 11.0 Å². The zero-order valence-electron chi connectivity index (χ0n) is 11.4. The Hall–Kier alpha value is -1.48. The van der Waals surface area contributed by atoms with E-state index in [0.717, 1.165) is 29.8 Å². The van der Waals surface area contributed by atoms with Crippen LogP contribution >= 0.6 is 0 Å². The molecule has 0 aliphatic rings. The summed E-state index contributed by atoms with van der Waals surface area (Å²) in [5.74, 6) is 0. The summed E-state index contributed by atoms with van der Waals surface area (Å²) in [4.78, 5) is 9.01. The maximum atomic E-state index is 4.60. The van der Waals surface area contributed by atoms with Crippen molar-refractivity contribution in [1.29, 1.82) is 0 Å². The van der Waals surface area contributed by atoms with Gasteiger partial charge >= 0.3 is 0 Å². The summed E-state index contributed by atoms with van der Waals surface area (Å²) in [5.41, 5.74) is 3.26. The fourth-order valence-electron chi connectivity index (χ4n) is 1.73. The molecule has 0 bridgehead atoms. The van der Waals surface area contributed by atoms with Crippen molar-refractivity contribution in [2.75, 3.05) is 6.54 Å². The Morgan fingerprint density at radius 3 is 2.61 bits per heavy atom. The number of hydrogen-bond donors (Lipinski definition) is 1. The number of para-hydroxylation sites is 2. The summed E-state index contributed by atoms with van der Waals surface area (Å²) in [6, 6.07) is 7.97. The van der Waals surface area contributed by atoms with E-state index in [9.17, 15) is 0 Å². The predicted molar refractivity (Wildman–Crippen MR) is 75.3 cm³/mol. The molecule has 0 saturated heterocycles. The van der Waals surface area contributed by atoms with Gasteiger partial charge in [-0.05, 0) is 24.0 Å². The Balaban J connectivity index is 2.00. The van der Waals surface area contributed by atoms with Crippen LogP contribution in [0.3, 0.4) is 0 Å². The molecule has 1 N–H and O–H groups in total. The molecule has 3 nitrogen and oxygen atoms in total. The third-order valence-corrected chi connectivity index (χ3v) is 3.37. The first-order chi connectivity index (χ1) is 8.61. The lowest BCUT2D eigenvalue weighted by Crippen LogP contribution is -2.28. The van der Waals surface area contributed by atoms with Gasteiger partial charge in [0.2, 0.25) is 0 Å². The molecule has 18 heavy (non-hydrogen) atoms. The zero-order chi connectivity index (χ0) is 13.0. The Labute approximate surface area is 109 Å². The van der Waals surface area contributed by atoms with Crippen molar-refractivity contribution in [3.63, 3.8) is 0 Å². The number of aromatic nitrogens is 2. The van der Waals surface area contributed by atoms with Crippen molar-refractivity contribution in [1.82, 2.24) is 15.3 Å². The SMILES string of the molecule is CCC(C)(C)CNCc1cnc2ccccc2n1. The van der Waals surface area contributed by atoms with Gasteiger partial charge in [0.05, 0.1) is 22.9 Å². The second-order valence-electron chi connectivity index (χ2n) is 5.47. The van der Waals surface area contributed by atoms with Gasteiger partial charge in [-0.1, -0.05) is 32.9 Å². The minimum absolute atomic E-state index is 0.338. The summed E-state index contributed by atoms with van der Waals surface area (Å²) >= 11 is 0. The maximum absolute atomic E-state index is 4.60. The van der Waals surface area contributed by atoms with E-state index in [1.807, 2.05) is 30.5 Å². The van der Waals surface area contributed by atoms with Crippen LogP contribution in [0.4, 0.5) is 0 Å². The molecule has 0 fully saturated rings. The molecule has 3 heteroatoms. The molecule has 2 aromatic rings. The van der Waals surface area contributed by atoms with Gasteiger partial charge in [-0.2, -0.15) is 0 Å². The molecule has 1 aromatic heterocycles. The third kappa shape index (κ3) is 3.26. The van der Waals surface area contributed by atoms with E-state index in [0.29, 0.717) is 5.41 Å².